The normalized spacial score (nSPS) is 10.7. The summed E-state index contributed by atoms with van der Waals surface area (Å²) in [7, 11) is 0. The van der Waals surface area contributed by atoms with Crippen molar-refractivity contribution >= 4 is 28.6 Å². The molecule has 5 heteroatoms. The molecule has 3 rings (SSSR count). The maximum Gasteiger partial charge on any atom is 0.227 e. The lowest BCUT2D eigenvalue weighted by Gasteiger charge is -2.03. The summed E-state index contributed by atoms with van der Waals surface area (Å²) >= 11 is 0. The summed E-state index contributed by atoms with van der Waals surface area (Å²) in [6.45, 7) is 0. The predicted molar refractivity (Wildman–Crippen MR) is 83.9 cm³/mol. The predicted octanol–water partition coefficient (Wildman–Crippen LogP) is 2.72. The molecule has 5 nitrogen and oxygen atoms in total. The molecular formula is C16H16N4O. The number of aromatic nitrogens is 2. The summed E-state index contributed by atoms with van der Waals surface area (Å²) in [6.07, 6.45) is 1.04. The van der Waals surface area contributed by atoms with Crippen molar-refractivity contribution in [1.29, 1.82) is 0 Å². The lowest BCUT2D eigenvalue weighted by molar-refractivity contribution is -0.116. The van der Waals surface area contributed by atoms with Crippen molar-refractivity contribution < 1.29 is 4.79 Å². The van der Waals surface area contributed by atoms with Gasteiger partial charge in [0.1, 0.15) is 0 Å². The zero-order valence-electron chi connectivity index (χ0n) is 11.5. The number of benzene rings is 2. The van der Waals surface area contributed by atoms with Crippen LogP contribution in [0.3, 0.4) is 0 Å². The summed E-state index contributed by atoms with van der Waals surface area (Å²) in [5.74, 6) is 0.408. The molecule has 1 amide bonds. The lowest BCUT2D eigenvalue weighted by Crippen LogP contribution is -2.13. The fraction of sp³-hybridized carbons (Fsp3) is 0.125. The molecule has 0 unspecified atom stereocenters. The second-order valence-electron chi connectivity index (χ2n) is 4.90. The average molecular weight is 280 g/mol. The molecule has 21 heavy (non-hydrogen) atoms. The van der Waals surface area contributed by atoms with Crippen LogP contribution in [0, 0.1) is 0 Å². The van der Waals surface area contributed by atoms with Gasteiger partial charge in [0.05, 0.1) is 11.0 Å². The van der Waals surface area contributed by atoms with E-state index in [1.165, 1.54) is 0 Å². The first-order chi connectivity index (χ1) is 10.2. The topological polar surface area (TPSA) is 83.8 Å². The van der Waals surface area contributed by atoms with Crippen LogP contribution in [0.4, 0.5) is 11.6 Å². The molecule has 0 saturated heterocycles. The van der Waals surface area contributed by atoms with Gasteiger partial charge in [-0.2, -0.15) is 0 Å². The van der Waals surface area contributed by atoms with Gasteiger partial charge < -0.3 is 10.7 Å². The number of fused-ring (bicyclic) bond motifs is 1. The number of para-hydroxylation sites is 2. The maximum atomic E-state index is 11.9. The minimum Gasteiger partial charge on any atom is -0.399 e. The van der Waals surface area contributed by atoms with E-state index in [9.17, 15) is 4.79 Å². The van der Waals surface area contributed by atoms with Gasteiger partial charge in [-0.1, -0.05) is 24.3 Å². The molecule has 3 aromatic rings. The number of H-pyrrole nitrogens is 1. The number of imidazole rings is 1. The van der Waals surface area contributed by atoms with Crippen molar-refractivity contribution in [2.45, 2.75) is 12.8 Å². The first-order valence-corrected chi connectivity index (χ1v) is 6.80. The summed E-state index contributed by atoms with van der Waals surface area (Å²) in [5.41, 5.74) is 9.22. The Hall–Kier alpha value is -2.82. The second kappa shape index (κ2) is 5.66. The van der Waals surface area contributed by atoms with Crippen molar-refractivity contribution in [3.63, 3.8) is 0 Å². The lowest BCUT2D eigenvalue weighted by atomic mass is 10.1. The van der Waals surface area contributed by atoms with Gasteiger partial charge in [-0.25, -0.2) is 4.98 Å². The number of nitrogens with one attached hydrogen (secondary N) is 2. The highest BCUT2D eigenvalue weighted by molar-refractivity contribution is 5.91. The molecule has 106 valence electrons. The van der Waals surface area contributed by atoms with Crippen molar-refractivity contribution in [3.05, 3.63) is 54.1 Å². The highest BCUT2D eigenvalue weighted by Crippen LogP contribution is 2.14. The maximum absolute atomic E-state index is 11.9. The monoisotopic (exact) mass is 280 g/mol. The first kappa shape index (κ1) is 13.2. The smallest absolute Gasteiger partial charge is 0.227 e. The van der Waals surface area contributed by atoms with Crippen LogP contribution < -0.4 is 11.1 Å². The van der Waals surface area contributed by atoms with Crippen molar-refractivity contribution in [2.75, 3.05) is 11.1 Å². The zero-order chi connectivity index (χ0) is 14.7. The molecule has 4 N–H and O–H groups in total. The number of aryl methyl sites for hydroxylation is 1. The molecule has 2 aromatic carbocycles. The number of aromatic amines is 1. The molecule has 0 atom stereocenters. The number of carbonyl (C=O) groups is 1. The number of carbonyl (C=O) groups excluding carboxylic acids is 1. The Balaban J connectivity index is 1.61. The molecule has 0 spiro atoms. The van der Waals surface area contributed by atoms with Crippen molar-refractivity contribution in [3.8, 4) is 0 Å². The van der Waals surface area contributed by atoms with Gasteiger partial charge in [-0.3, -0.25) is 10.1 Å². The van der Waals surface area contributed by atoms with Crippen LogP contribution in [0.15, 0.2) is 48.5 Å². The highest BCUT2D eigenvalue weighted by Gasteiger charge is 2.07. The van der Waals surface area contributed by atoms with E-state index >= 15 is 0 Å². The Morgan fingerprint density at radius 3 is 2.86 bits per heavy atom. The first-order valence-electron chi connectivity index (χ1n) is 6.80. The third-order valence-corrected chi connectivity index (χ3v) is 3.24. The molecular weight excluding hydrogens is 264 g/mol. The molecule has 0 aliphatic carbocycles. The quantitative estimate of drug-likeness (QED) is 0.642. The Kier molecular flexibility index (Phi) is 3.55. The molecule has 0 bridgehead atoms. The Bertz CT molecular complexity index is 746. The van der Waals surface area contributed by atoms with E-state index in [1.807, 2.05) is 48.5 Å². The van der Waals surface area contributed by atoms with Crippen LogP contribution in [0.2, 0.25) is 0 Å². The Morgan fingerprint density at radius 1 is 1.19 bits per heavy atom. The molecule has 0 aliphatic rings. The minimum absolute atomic E-state index is 0.0727. The molecule has 0 radical (unpaired) electrons. The number of amides is 1. The highest BCUT2D eigenvalue weighted by atomic mass is 16.1. The Labute approximate surface area is 122 Å². The van der Waals surface area contributed by atoms with E-state index in [0.717, 1.165) is 16.6 Å². The zero-order valence-corrected chi connectivity index (χ0v) is 11.5. The van der Waals surface area contributed by atoms with Gasteiger partial charge in [0.15, 0.2) is 0 Å². The SMILES string of the molecule is Nc1cccc(CCC(=O)Nc2nc3ccccc3[nH]2)c1. The van der Waals surface area contributed by atoms with Crippen LogP contribution >= 0.6 is 0 Å². The summed E-state index contributed by atoms with van der Waals surface area (Å²) < 4.78 is 0. The van der Waals surface area contributed by atoms with E-state index < -0.39 is 0 Å². The number of nitrogen functional groups attached to an aromatic ring is 1. The molecule has 1 aromatic heterocycles. The largest absolute Gasteiger partial charge is 0.399 e. The fourth-order valence-electron chi connectivity index (χ4n) is 2.21. The summed E-state index contributed by atoms with van der Waals surface area (Å²) in [6, 6.07) is 15.2. The van der Waals surface area contributed by atoms with Gasteiger partial charge in [0, 0.05) is 12.1 Å². The summed E-state index contributed by atoms with van der Waals surface area (Å²) in [5, 5.41) is 2.78. The van der Waals surface area contributed by atoms with Crippen LogP contribution in [-0.4, -0.2) is 15.9 Å². The number of nitrogens with two attached hydrogens (primary N) is 1. The average Bonchev–Trinajstić information content (AvgIpc) is 2.87. The standard InChI is InChI=1S/C16H16N4O/c17-12-5-3-4-11(10-12)8-9-15(21)20-16-18-13-6-1-2-7-14(13)19-16/h1-7,10H,8-9,17H2,(H2,18,19,20,21). The van der Waals surface area contributed by atoms with Gasteiger partial charge in [-0.05, 0) is 36.2 Å². The number of hydrogen-bond acceptors (Lipinski definition) is 3. The van der Waals surface area contributed by atoms with Gasteiger partial charge >= 0.3 is 0 Å². The molecule has 0 fully saturated rings. The number of anilines is 2. The summed E-state index contributed by atoms with van der Waals surface area (Å²) in [4.78, 5) is 19.3. The van der Waals surface area contributed by atoms with Gasteiger partial charge in [-0.15, -0.1) is 0 Å². The third-order valence-electron chi connectivity index (χ3n) is 3.24. The van der Waals surface area contributed by atoms with E-state index in [4.69, 9.17) is 5.73 Å². The molecule has 0 aliphatic heterocycles. The molecule has 0 saturated carbocycles. The van der Waals surface area contributed by atoms with Gasteiger partial charge in [0.25, 0.3) is 0 Å². The number of hydrogen-bond donors (Lipinski definition) is 3. The van der Waals surface area contributed by atoms with Crippen molar-refractivity contribution in [2.24, 2.45) is 0 Å². The van der Waals surface area contributed by atoms with E-state index in [1.54, 1.807) is 0 Å². The van der Waals surface area contributed by atoms with Crippen LogP contribution in [-0.2, 0) is 11.2 Å². The van der Waals surface area contributed by atoms with Gasteiger partial charge in [0.2, 0.25) is 11.9 Å². The van der Waals surface area contributed by atoms with Crippen LogP contribution in [0.5, 0.6) is 0 Å². The number of rotatable bonds is 4. The Morgan fingerprint density at radius 2 is 2.05 bits per heavy atom. The van der Waals surface area contributed by atoms with E-state index in [0.29, 0.717) is 24.5 Å². The van der Waals surface area contributed by atoms with Crippen molar-refractivity contribution in [1.82, 2.24) is 9.97 Å². The van der Waals surface area contributed by atoms with Crippen LogP contribution in [0.25, 0.3) is 11.0 Å². The second-order valence-corrected chi connectivity index (χ2v) is 4.90. The third kappa shape index (κ3) is 3.20. The van der Waals surface area contributed by atoms with Crippen LogP contribution in [0.1, 0.15) is 12.0 Å². The van der Waals surface area contributed by atoms with E-state index in [-0.39, 0.29) is 5.91 Å². The minimum atomic E-state index is -0.0727. The number of nitrogens with zero attached hydrogens (tertiary/aromatic N) is 1. The fourth-order valence-corrected chi connectivity index (χ4v) is 2.21. The molecule has 1 heterocycles. The van der Waals surface area contributed by atoms with E-state index in [2.05, 4.69) is 15.3 Å².